The van der Waals surface area contributed by atoms with Crippen LogP contribution in [0.15, 0.2) is 42.5 Å². The number of anilines is 2. The van der Waals surface area contributed by atoms with Crippen molar-refractivity contribution >= 4 is 46.4 Å². The number of halogens is 2. The van der Waals surface area contributed by atoms with Crippen molar-refractivity contribution in [3.63, 3.8) is 0 Å². The van der Waals surface area contributed by atoms with Crippen LogP contribution in [0.2, 0.25) is 5.02 Å². The number of ether oxygens (including phenoxy) is 1. The molecule has 3 rings (SSSR count). The molecule has 1 N–H and O–H groups in total. The third kappa shape index (κ3) is 3.40. The summed E-state index contributed by atoms with van der Waals surface area (Å²) in [5.41, 5.74) is 1.79. The standard InChI is InChI=1S/C16H14ClN3O.ClH/c1-10-18-15-8-3-11(17)9-14(15)16(19-10)20-12-4-6-13(21-2)7-5-12;/h3-9H,1-2H3,(H,18,19,20);1H. The largest absolute Gasteiger partial charge is 0.497 e. The maximum atomic E-state index is 6.07. The molecule has 0 aliphatic rings. The van der Waals surface area contributed by atoms with Crippen LogP contribution < -0.4 is 10.1 Å². The van der Waals surface area contributed by atoms with Crippen LogP contribution in [0.4, 0.5) is 11.5 Å². The monoisotopic (exact) mass is 335 g/mol. The third-order valence-electron chi connectivity index (χ3n) is 3.12. The van der Waals surface area contributed by atoms with Crippen molar-refractivity contribution in [1.82, 2.24) is 9.97 Å². The quantitative estimate of drug-likeness (QED) is 0.749. The van der Waals surface area contributed by atoms with Gasteiger partial charge in [-0.15, -0.1) is 12.4 Å². The van der Waals surface area contributed by atoms with Crippen molar-refractivity contribution in [3.8, 4) is 5.75 Å². The number of methoxy groups -OCH3 is 1. The van der Waals surface area contributed by atoms with E-state index in [-0.39, 0.29) is 12.4 Å². The number of aromatic nitrogens is 2. The van der Waals surface area contributed by atoms with Gasteiger partial charge in [0.1, 0.15) is 17.4 Å². The summed E-state index contributed by atoms with van der Waals surface area (Å²) in [6, 6.07) is 13.2. The minimum Gasteiger partial charge on any atom is -0.497 e. The molecule has 0 spiro atoms. The Balaban J connectivity index is 0.00000176. The first kappa shape index (κ1) is 16.3. The van der Waals surface area contributed by atoms with E-state index in [0.29, 0.717) is 10.8 Å². The van der Waals surface area contributed by atoms with Crippen LogP contribution in [0.3, 0.4) is 0 Å². The normalized spacial score (nSPS) is 10.1. The van der Waals surface area contributed by atoms with E-state index in [0.717, 1.165) is 28.2 Å². The minimum atomic E-state index is 0. The zero-order valence-electron chi connectivity index (χ0n) is 12.1. The van der Waals surface area contributed by atoms with Crippen LogP contribution >= 0.6 is 24.0 Å². The molecule has 0 unspecified atom stereocenters. The van der Waals surface area contributed by atoms with Gasteiger partial charge in [0.15, 0.2) is 0 Å². The summed E-state index contributed by atoms with van der Waals surface area (Å²) in [4.78, 5) is 8.88. The van der Waals surface area contributed by atoms with Gasteiger partial charge in [-0.25, -0.2) is 9.97 Å². The first-order valence-electron chi connectivity index (χ1n) is 6.51. The van der Waals surface area contributed by atoms with Gasteiger partial charge in [-0.05, 0) is 49.4 Å². The van der Waals surface area contributed by atoms with E-state index >= 15 is 0 Å². The van der Waals surface area contributed by atoms with Crippen molar-refractivity contribution in [2.75, 3.05) is 12.4 Å². The van der Waals surface area contributed by atoms with Crippen LogP contribution in [0, 0.1) is 6.92 Å². The van der Waals surface area contributed by atoms with Gasteiger partial charge in [-0.1, -0.05) is 11.6 Å². The number of hydrogen-bond donors (Lipinski definition) is 1. The highest BCUT2D eigenvalue weighted by molar-refractivity contribution is 6.31. The molecule has 0 radical (unpaired) electrons. The van der Waals surface area contributed by atoms with Crippen molar-refractivity contribution < 1.29 is 4.74 Å². The molecule has 0 fully saturated rings. The lowest BCUT2D eigenvalue weighted by molar-refractivity contribution is 0.415. The molecule has 0 saturated carbocycles. The molecule has 0 atom stereocenters. The van der Waals surface area contributed by atoms with E-state index in [2.05, 4.69) is 15.3 Å². The van der Waals surface area contributed by atoms with E-state index in [4.69, 9.17) is 16.3 Å². The van der Waals surface area contributed by atoms with Gasteiger partial charge in [0.25, 0.3) is 0 Å². The molecule has 1 aromatic heterocycles. The fraction of sp³-hybridized carbons (Fsp3) is 0.125. The van der Waals surface area contributed by atoms with Gasteiger partial charge in [0, 0.05) is 16.1 Å². The van der Waals surface area contributed by atoms with Crippen LogP contribution in [-0.4, -0.2) is 17.1 Å². The first-order valence-corrected chi connectivity index (χ1v) is 6.88. The van der Waals surface area contributed by atoms with Gasteiger partial charge >= 0.3 is 0 Å². The second kappa shape index (κ2) is 6.81. The molecule has 114 valence electrons. The molecule has 22 heavy (non-hydrogen) atoms. The molecule has 0 amide bonds. The molecule has 2 aromatic carbocycles. The number of aryl methyl sites for hydroxylation is 1. The maximum Gasteiger partial charge on any atom is 0.142 e. The van der Waals surface area contributed by atoms with E-state index < -0.39 is 0 Å². The second-order valence-corrected chi connectivity index (χ2v) is 5.07. The Morgan fingerprint density at radius 2 is 1.77 bits per heavy atom. The third-order valence-corrected chi connectivity index (χ3v) is 3.36. The predicted octanol–water partition coefficient (Wildman–Crippen LogP) is 4.77. The Hall–Kier alpha value is -2.04. The molecule has 6 heteroatoms. The Morgan fingerprint density at radius 1 is 1.05 bits per heavy atom. The predicted molar refractivity (Wildman–Crippen MR) is 92.8 cm³/mol. The number of rotatable bonds is 3. The zero-order valence-corrected chi connectivity index (χ0v) is 13.7. The highest BCUT2D eigenvalue weighted by Crippen LogP contribution is 2.27. The Labute approximate surface area is 139 Å². The van der Waals surface area contributed by atoms with Crippen LogP contribution in [0.1, 0.15) is 5.82 Å². The molecule has 3 aromatic rings. The summed E-state index contributed by atoms with van der Waals surface area (Å²) in [5, 5.41) is 4.85. The lowest BCUT2D eigenvalue weighted by Crippen LogP contribution is -1.99. The van der Waals surface area contributed by atoms with E-state index in [9.17, 15) is 0 Å². The molecule has 0 bridgehead atoms. The van der Waals surface area contributed by atoms with Gasteiger partial charge in [0.2, 0.25) is 0 Å². The second-order valence-electron chi connectivity index (χ2n) is 4.63. The average molecular weight is 336 g/mol. The summed E-state index contributed by atoms with van der Waals surface area (Å²) < 4.78 is 5.15. The smallest absolute Gasteiger partial charge is 0.142 e. The Bertz CT molecular complexity index is 791. The number of fused-ring (bicyclic) bond motifs is 1. The molecule has 0 aliphatic carbocycles. The van der Waals surface area contributed by atoms with Gasteiger partial charge in [-0.3, -0.25) is 0 Å². The van der Waals surface area contributed by atoms with E-state index in [1.165, 1.54) is 0 Å². The maximum absolute atomic E-state index is 6.07. The summed E-state index contributed by atoms with van der Waals surface area (Å²) in [5.74, 6) is 2.26. The summed E-state index contributed by atoms with van der Waals surface area (Å²) >= 11 is 6.07. The SMILES string of the molecule is COc1ccc(Nc2nc(C)nc3ccc(Cl)cc23)cc1.Cl. The summed E-state index contributed by atoms with van der Waals surface area (Å²) in [6.45, 7) is 1.87. The number of nitrogens with one attached hydrogen (secondary N) is 1. The first-order chi connectivity index (χ1) is 10.2. The molecule has 0 aliphatic heterocycles. The lowest BCUT2D eigenvalue weighted by Gasteiger charge is -2.10. The minimum absolute atomic E-state index is 0. The van der Waals surface area contributed by atoms with Crippen molar-refractivity contribution in [3.05, 3.63) is 53.3 Å². The fourth-order valence-corrected chi connectivity index (χ4v) is 2.30. The topological polar surface area (TPSA) is 47.0 Å². The lowest BCUT2D eigenvalue weighted by atomic mass is 10.2. The van der Waals surface area contributed by atoms with E-state index in [1.807, 2.05) is 49.4 Å². The summed E-state index contributed by atoms with van der Waals surface area (Å²) in [7, 11) is 1.64. The van der Waals surface area contributed by atoms with Gasteiger partial charge in [0.05, 0.1) is 12.6 Å². The van der Waals surface area contributed by atoms with Crippen molar-refractivity contribution in [1.29, 1.82) is 0 Å². The molecule has 0 saturated heterocycles. The van der Waals surface area contributed by atoms with Crippen LogP contribution in [0.5, 0.6) is 5.75 Å². The fourth-order valence-electron chi connectivity index (χ4n) is 2.12. The van der Waals surface area contributed by atoms with Crippen LogP contribution in [-0.2, 0) is 0 Å². The number of benzene rings is 2. The summed E-state index contributed by atoms with van der Waals surface area (Å²) in [6.07, 6.45) is 0. The number of hydrogen-bond acceptors (Lipinski definition) is 4. The molecule has 4 nitrogen and oxygen atoms in total. The highest BCUT2D eigenvalue weighted by Gasteiger charge is 2.07. The molecular weight excluding hydrogens is 321 g/mol. The van der Waals surface area contributed by atoms with Crippen molar-refractivity contribution in [2.45, 2.75) is 6.92 Å². The van der Waals surface area contributed by atoms with Crippen LogP contribution in [0.25, 0.3) is 10.9 Å². The van der Waals surface area contributed by atoms with Crippen molar-refractivity contribution in [2.24, 2.45) is 0 Å². The molecular formula is C16H15Cl2N3O. The molecule has 1 heterocycles. The number of nitrogens with zero attached hydrogens (tertiary/aromatic N) is 2. The zero-order chi connectivity index (χ0) is 14.8. The Morgan fingerprint density at radius 3 is 2.45 bits per heavy atom. The van der Waals surface area contributed by atoms with Gasteiger partial charge in [-0.2, -0.15) is 0 Å². The van der Waals surface area contributed by atoms with E-state index in [1.54, 1.807) is 7.11 Å². The highest BCUT2D eigenvalue weighted by atomic mass is 35.5. The van der Waals surface area contributed by atoms with Gasteiger partial charge < -0.3 is 10.1 Å². The average Bonchev–Trinajstić information content (AvgIpc) is 2.49. The Kier molecular flexibility index (Phi) is 5.06.